The zero-order valence-electron chi connectivity index (χ0n) is 12.7. The highest BCUT2D eigenvalue weighted by molar-refractivity contribution is 5.40. The molecule has 1 aromatic rings. The van der Waals surface area contributed by atoms with Crippen LogP contribution in [0.4, 0.5) is 0 Å². The number of morpholine rings is 1. The Bertz CT molecular complexity index is 482. The Kier molecular flexibility index (Phi) is 3.74. The smallest absolute Gasteiger partial charge is 0.119 e. The molecule has 1 saturated heterocycles. The fourth-order valence-electron chi connectivity index (χ4n) is 3.52. The number of hydrogen-bond acceptors (Lipinski definition) is 3. The van der Waals surface area contributed by atoms with Crippen molar-refractivity contribution in [1.29, 1.82) is 0 Å². The van der Waals surface area contributed by atoms with E-state index in [9.17, 15) is 0 Å². The fraction of sp³-hybridized carbons (Fsp3) is 0.647. The van der Waals surface area contributed by atoms with Crippen LogP contribution < -0.4 is 10.1 Å². The summed E-state index contributed by atoms with van der Waals surface area (Å²) in [5.41, 5.74) is 2.72. The van der Waals surface area contributed by atoms with Crippen LogP contribution >= 0.6 is 0 Å². The highest BCUT2D eigenvalue weighted by Gasteiger charge is 2.42. The van der Waals surface area contributed by atoms with E-state index in [1.165, 1.54) is 11.1 Å². The van der Waals surface area contributed by atoms with Gasteiger partial charge in [-0.05, 0) is 48.9 Å². The maximum Gasteiger partial charge on any atom is 0.119 e. The van der Waals surface area contributed by atoms with Crippen LogP contribution in [-0.4, -0.2) is 25.3 Å². The lowest BCUT2D eigenvalue weighted by Crippen LogP contribution is -2.56. The average molecular weight is 275 g/mol. The molecule has 1 aliphatic carbocycles. The second kappa shape index (κ2) is 5.38. The molecular weight excluding hydrogens is 250 g/mol. The molecule has 0 bridgehead atoms. The van der Waals surface area contributed by atoms with Gasteiger partial charge in [0.2, 0.25) is 0 Å². The Hall–Kier alpha value is -1.06. The van der Waals surface area contributed by atoms with Gasteiger partial charge in [0.05, 0.1) is 18.8 Å². The average Bonchev–Trinajstić information content (AvgIpc) is 2.53. The minimum Gasteiger partial charge on any atom is -0.497 e. The second-order valence-corrected chi connectivity index (χ2v) is 6.02. The Balaban J connectivity index is 1.95. The lowest BCUT2D eigenvalue weighted by atomic mass is 9.82. The number of ether oxygens (including phenoxy) is 2. The van der Waals surface area contributed by atoms with E-state index in [2.05, 4.69) is 37.4 Å². The summed E-state index contributed by atoms with van der Waals surface area (Å²) in [6.07, 6.45) is 4.57. The van der Waals surface area contributed by atoms with Gasteiger partial charge >= 0.3 is 0 Å². The molecule has 3 rings (SSSR count). The summed E-state index contributed by atoms with van der Waals surface area (Å²) >= 11 is 0. The van der Waals surface area contributed by atoms with E-state index < -0.39 is 0 Å². The van der Waals surface area contributed by atoms with Crippen LogP contribution in [0.3, 0.4) is 0 Å². The number of methoxy groups -OCH3 is 1. The molecule has 1 heterocycles. The lowest BCUT2D eigenvalue weighted by molar-refractivity contribution is -0.145. The van der Waals surface area contributed by atoms with Crippen molar-refractivity contribution in [3.63, 3.8) is 0 Å². The van der Waals surface area contributed by atoms with Crippen molar-refractivity contribution in [2.45, 2.75) is 57.3 Å². The predicted molar refractivity (Wildman–Crippen MR) is 80.2 cm³/mol. The van der Waals surface area contributed by atoms with Gasteiger partial charge in [0.1, 0.15) is 5.75 Å². The van der Waals surface area contributed by atoms with Crippen molar-refractivity contribution in [2.24, 2.45) is 0 Å². The van der Waals surface area contributed by atoms with Gasteiger partial charge in [-0.25, -0.2) is 0 Å². The van der Waals surface area contributed by atoms with Gasteiger partial charge in [0.25, 0.3) is 0 Å². The third-order valence-electron chi connectivity index (χ3n) is 5.10. The van der Waals surface area contributed by atoms with E-state index in [0.717, 1.165) is 38.0 Å². The van der Waals surface area contributed by atoms with Gasteiger partial charge in [0.15, 0.2) is 0 Å². The molecule has 0 saturated carbocycles. The van der Waals surface area contributed by atoms with Crippen molar-refractivity contribution in [3.05, 3.63) is 29.3 Å². The standard InChI is InChI=1S/C17H25NO2/c1-4-17(5-2)11-18-15-9-7-12-6-8-13(19-3)10-14(12)16(15)20-17/h6,8,10,15-16,18H,4-5,7,9,11H2,1-3H3. The van der Waals surface area contributed by atoms with E-state index in [1.807, 2.05) is 0 Å². The first-order valence-electron chi connectivity index (χ1n) is 7.79. The zero-order chi connectivity index (χ0) is 14.2. The van der Waals surface area contributed by atoms with Crippen molar-refractivity contribution in [3.8, 4) is 5.75 Å². The summed E-state index contributed by atoms with van der Waals surface area (Å²) in [6, 6.07) is 6.86. The Morgan fingerprint density at radius 3 is 2.85 bits per heavy atom. The molecule has 3 nitrogen and oxygen atoms in total. The van der Waals surface area contributed by atoms with E-state index in [1.54, 1.807) is 7.11 Å². The molecule has 110 valence electrons. The summed E-state index contributed by atoms with van der Waals surface area (Å²) in [6.45, 7) is 5.42. The van der Waals surface area contributed by atoms with Gasteiger partial charge in [-0.2, -0.15) is 0 Å². The Labute approximate surface area is 121 Å². The number of aryl methyl sites for hydroxylation is 1. The summed E-state index contributed by atoms with van der Waals surface area (Å²) in [5, 5.41) is 3.73. The van der Waals surface area contributed by atoms with Crippen molar-refractivity contribution >= 4 is 0 Å². The first-order valence-corrected chi connectivity index (χ1v) is 7.79. The molecule has 0 spiro atoms. The minimum absolute atomic E-state index is 0.0150. The van der Waals surface area contributed by atoms with E-state index in [-0.39, 0.29) is 11.7 Å². The first kappa shape index (κ1) is 13.9. The van der Waals surface area contributed by atoms with Gasteiger partial charge in [-0.1, -0.05) is 19.9 Å². The van der Waals surface area contributed by atoms with Gasteiger partial charge in [-0.3, -0.25) is 0 Å². The zero-order valence-corrected chi connectivity index (χ0v) is 12.7. The third kappa shape index (κ3) is 2.23. The van der Waals surface area contributed by atoms with Crippen molar-refractivity contribution < 1.29 is 9.47 Å². The normalized spacial score (nSPS) is 27.6. The van der Waals surface area contributed by atoms with Crippen LogP contribution in [0, 0.1) is 0 Å². The maximum absolute atomic E-state index is 6.58. The van der Waals surface area contributed by atoms with Crippen LogP contribution in [-0.2, 0) is 11.2 Å². The fourth-order valence-corrected chi connectivity index (χ4v) is 3.52. The summed E-state index contributed by atoms with van der Waals surface area (Å²) in [4.78, 5) is 0. The van der Waals surface area contributed by atoms with Crippen LogP contribution in [0.1, 0.15) is 50.3 Å². The Morgan fingerprint density at radius 1 is 1.35 bits per heavy atom. The third-order valence-corrected chi connectivity index (χ3v) is 5.10. The quantitative estimate of drug-likeness (QED) is 0.918. The SMILES string of the molecule is CCC1(CC)CNC2CCc3ccc(OC)cc3C2O1. The number of fused-ring (bicyclic) bond motifs is 3. The predicted octanol–water partition coefficient (Wildman–Crippen LogP) is 3.23. The van der Waals surface area contributed by atoms with Crippen molar-refractivity contribution in [1.82, 2.24) is 5.32 Å². The molecule has 20 heavy (non-hydrogen) atoms. The minimum atomic E-state index is -0.0150. The van der Waals surface area contributed by atoms with Gasteiger partial charge < -0.3 is 14.8 Å². The number of rotatable bonds is 3. The second-order valence-electron chi connectivity index (χ2n) is 6.02. The number of hydrogen-bond donors (Lipinski definition) is 1. The lowest BCUT2D eigenvalue weighted by Gasteiger charge is -2.47. The molecule has 3 heteroatoms. The van der Waals surface area contributed by atoms with E-state index in [0.29, 0.717) is 6.04 Å². The van der Waals surface area contributed by atoms with Crippen molar-refractivity contribution in [2.75, 3.05) is 13.7 Å². The first-order chi connectivity index (χ1) is 9.71. The summed E-state index contributed by atoms with van der Waals surface area (Å²) in [5.74, 6) is 0.928. The summed E-state index contributed by atoms with van der Waals surface area (Å²) < 4.78 is 12.0. The largest absolute Gasteiger partial charge is 0.497 e. The molecule has 0 aromatic heterocycles. The number of nitrogens with one attached hydrogen (secondary N) is 1. The van der Waals surface area contributed by atoms with E-state index >= 15 is 0 Å². The van der Waals surface area contributed by atoms with E-state index in [4.69, 9.17) is 9.47 Å². The molecular formula is C17H25NO2. The molecule has 0 amide bonds. The molecule has 1 aromatic carbocycles. The molecule has 1 fully saturated rings. The molecule has 1 N–H and O–H groups in total. The monoisotopic (exact) mass is 275 g/mol. The van der Waals surface area contributed by atoms with Crippen LogP contribution in [0.25, 0.3) is 0 Å². The molecule has 2 aliphatic rings. The van der Waals surface area contributed by atoms with Crippen LogP contribution in [0.15, 0.2) is 18.2 Å². The maximum atomic E-state index is 6.58. The summed E-state index contributed by atoms with van der Waals surface area (Å²) in [7, 11) is 1.73. The highest BCUT2D eigenvalue weighted by atomic mass is 16.5. The van der Waals surface area contributed by atoms with Gasteiger partial charge in [0, 0.05) is 12.6 Å². The van der Waals surface area contributed by atoms with Gasteiger partial charge in [-0.15, -0.1) is 0 Å². The van der Waals surface area contributed by atoms with Crippen LogP contribution in [0.2, 0.25) is 0 Å². The molecule has 0 radical (unpaired) electrons. The molecule has 2 unspecified atom stereocenters. The highest BCUT2D eigenvalue weighted by Crippen LogP contribution is 2.41. The number of benzene rings is 1. The topological polar surface area (TPSA) is 30.5 Å². The Morgan fingerprint density at radius 2 is 2.15 bits per heavy atom. The molecule has 1 aliphatic heterocycles. The van der Waals surface area contributed by atoms with Crippen LogP contribution in [0.5, 0.6) is 5.75 Å². The molecule has 2 atom stereocenters.